The maximum Gasteiger partial charge on any atom is 2.00 e. The first-order valence-corrected chi connectivity index (χ1v) is 11.6. The fraction of sp³-hybridized carbons (Fsp3) is 0. The van der Waals surface area contributed by atoms with Gasteiger partial charge in [0.05, 0.1) is 6.81 Å². The maximum absolute atomic E-state index is 7.98. The van der Waals surface area contributed by atoms with Crippen molar-refractivity contribution < 1.29 is 27.2 Å². The second kappa shape index (κ2) is 9.31. The summed E-state index contributed by atoms with van der Waals surface area (Å²) >= 11 is 0. The van der Waals surface area contributed by atoms with Crippen molar-refractivity contribution >= 4 is 28.5 Å². The van der Waals surface area contributed by atoms with E-state index in [0.29, 0.717) is 5.75 Å². The molecule has 0 bridgehead atoms. The first kappa shape index (κ1) is 20.4. The second-order valence-electron chi connectivity index (χ2n) is 7.29. The van der Waals surface area contributed by atoms with Crippen LogP contribution in [0.4, 0.5) is 0 Å². The van der Waals surface area contributed by atoms with Crippen molar-refractivity contribution in [2.45, 2.75) is 0 Å². The summed E-state index contributed by atoms with van der Waals surface area (Å²) < 4.78 is 13.8. The number of hydrogen-bond acceptors (Lipinski definition) is 3. The summed E-state index contributed by atoms with van der Waals surface area (Å²) in [4.78, 5) is 8.83. The minimum Gasteiger partial charge on any atom is -0.460 e. The van der Waals surface area contributed by atoms with Crippen molar-refractivity contribution in [1.82, 2.24) is 9.97 Å². The Bertz CT molecular complexity index is 1620. The number of aromatic nitrogens is 2. The summed E-state index contributed by atoms with van der Waals surface area (Å²) in [6.07, 6.45) is 3.47. The fourth-order valence-corrected chi connectivity index (χ4v) is 6.38. The number of nitrogens with zero attached hydrogens (tertiary/aromatic N) is 2. The molecule has 0 aliphatic rings. The first-order valence-electron chi connectivity index (χ1n) is 10.8. The first-order chi connectivity index (χ1) is 16.3. The summed E-state index contributed by atoms with van der Waals surface area (Å²) in [6.45, 7) is 0. The minimum atomic E-state index is -0.777. The van der Waals surface area contributed by atoms with Crippen LogP contribution in [0.25, 0.3) is 37.6 Å². The molecule has 0 saturated heterocycles. The largest absolute Gasteiger partial charge is 2.00 e. The smallest absolute Gasteiger partial charge is 0.460 e. The van der Waals surface area contributed by atoms with Gasteiger partial charge in [-0.3, -0.25) is 4.98 Å². The standard InChI is InChI=1S/C28H17N2OP.Pt/c1-2-11-25-23(10-1)24-15-14-21(19-26(24)32(25)28-13-4-6-17-30-28)20-8-7-9-22(18-20)31-27-12-3-5-16-29-27;/h1-17H;/q-2;+2/i12D;. The van der Waals surface area contributed by atoms with Crippen LogP contribution in [0, 0.1) is 12.1 Å². The number of benzene rings is 3. The molecule has 0 saturated carbocycles. The molecular formula is C28H17N2OPPt. The van der Waals surface area contributed by atoms with Crippen LogP contribution in [0.15, 0.2) is 103 Å². The summed E-state index contributed by atoms with van der Waals surface area (Å²) in [6, 6.07) is 35.3. The maximum atomic E-state index is 7.98. The minimum absolute atomic E-state index is 0. The number of fused-ring (bicyclic) bond motifs is 3. The average molecular weight is 625 g/mol. The van der Waals surface area contributed by atoms with Crippen LogP contribution < -0.4 is 4.74 Å². The number of hydrogen-bond donors (Lipinski definition) is 0. The number of ether oxygens (including phenoxy) is 1. The monoisotopic (exact) mass is 624 g/mol. The zero-order chi connectivity index (χ0) is 22.2. The van der Waals surface area contributed by atoms with E-state index in [-0.39, 0.29) is 33.0 Å². The molecule has 3 aromatic heterocycles. The Morgan fingerprint density at radius 2 is 1.55 bits per heavy atom. The Balaban J connectivity index is 0.00000241. The van der Waals surface area contributed by atoms with Gasteiger partial charge >= 0.3 is 21.1 Å². The van der Waals surface area contributed by atoms with Crippen molar-refractivity contribution in [1.29, 1.82) is 0 Å². The summed E-state index contributed by atoms with van der Waals surface area (Å²) in [5.74, 6) is 0.779. The van der Waals surface area contributed by atoms with Gasteiger partial charge in [-0.15, -0.1) is 18.2 Å². The predicted molar refractivity (Wildman–Crippen MR) is 131 cm³/mol. The van der Waals surface area contributed by atoms with Gasteiger partial charge in [-0.1, -0.05) is 54.4 Å². The molecule has 1 atom stereocenters. The molecule has 0 aliphatic heterocycles. The van der Waals surface area contributed by atoms with Gasteiger partial charge < -0.3 is 4.74 Å². The van der Waals surface area contributed by atoms with Crippen molar-refractivity contribution in [3.8, 4) is 28.2 Å². The molecule has 3 heterocycles. The molecule has 3 aromatic carbocycles. The molecule has 1 unspecified atom stereocenters. The molecule has 5 heteroatoms. The van der Waals surface area contributed by atoms with Gasteiger partial charge in [0.15, 0.2) is 0 Å². The van der Waals surface area contributed by atoms with Crippen LogP contribution in [0.3, 0.4) is 0 Å². The summed E-state index contributed by atoms with van der Waals surface area (Å²) in [5, 5.41) is 4.96. The molecule has 0 amide bonds. The van der Waals surface area contributed by atoms with Gasteiger partial charge in [0.2, 0.25) is 5.88 Å². The van der Waals surface area contributed by atoms with Crippen molar-refractivity contribution in [2.75, 3.05) is 0 Å². The van der Waals surface area contributed by atoms with Gasteiger partial charge in [-0.25, -0.2) is 16.1 Å². The Morgan fingerprint density at radius 1 is 0.727 bits per heavy atom. The molecule has 0 fully saturated rings. The molecule has 0 N–H and O–H groups in total. The Hall–Kier alpha value is -3.25. The van der Waals surface area contributed by atoms with E-state index < -0.39 is 7.53 Å². The van der Waals surface area contributed by atoms with Gasteiger partial charge in [-0.05, 0) is 28.7 Å². The van der Waals surface area contributed by atoms with E-state index in [2.05, 4.69) is 64.6 Å². The average Bonchev–Trinajstić information content (AvgIpc) is 3.20. The molecule has 0 spiro atoms. The van der Waals surface area contributed by atoms with Crippen molar-refractivity contribution in [3.63, 3.8) is 0 Å². The molecule has 6 aromatic rings. The zero-order valence-corrected chi connectivity index (χ0v) is 20.5. The van der Waals surface area contributed by atoms with Gasteiger partial charge in [-0.2, -0.15) is 24.3 Å². The quantitative estimate of drug-likeness (QED) is 0.188. The third kappa shape index (κ3) is 4.11. The molecule has 3 nitrogen and oxygen atoms in total. The zero-order valence-electron chi connectivity index (χ0n) is 18.3. The Kier molecular flexibility index (Phi) is 5.75. The van der Waals surface area contributed by atoms with E-state index in [1.54, 1.807) is 18.3 Å². The van der Waals surface area contributed by atoms with Gasteiger partial charge in [0, 0.05) is 24.2 Å². The van der Waals surface area contributed by atoms with Gasteiger partial charge in [0.25, 0.3) is 0 Å². The van der Waals surface area contributed by atoms with Gasteiger partial charge in [0.1, 0.15) is 0 Å². The van der Waals surface area contributed by atoms with Crippen LogP contribution in [0.1, 0.15) is 1.37 Å². The molecule has 33 heavy (non-hydrogen) atoms. The van der Waals surface area contributed by atoms with E-state index in [0.717, 1.165) is 16.6 Å². The van der Waals surface area contributed by atoms with E-state index in [4.69, 9.17) is 6.11 Å². The Labute approximate surface area is 208 Å². The summed E-state index contributed by atoms with van der Waals surface area (Å²) in [5.41, 5.74) is 2.90. The predicted octanol–water partition coefficient (Wildman–Crippen LogP) is 7.82. The normalized spacial score (nSPS) is 11.8. The van der Waals surface area contributed by atoms with Crippen LogP contribution in [0.2, 0.25) is 0 Å². The SMILES string of the molecule is [2H]c1cccnc1Oc1[c-]c(-c2[c-]c3c(cc2)c2ccccc2p3-c2ccccn2)ccc1.[Pt+2]. The van der Waals surface area contributed by atoms with Crippen LogP contribution >= 0.6 is 7.53 Å². The third-order valence-corrected chi connectivity index (χ3v) is 7.70. The fourth-order valence-electron chi connectivity index (χ4n) is 3.91. The Morgan fingerprint density at radius 3 is 2.42 bits per heavy atom. The molecule has 160 valence electrons. The van der Waals surface area contributed by atoms with Crippen LogP contribution in [-0.2, 0) is 21.1 Å². The third-order valence-electron chi connectivity index (χ3n) is 5.31. The van der Waals surface area contributed by atoms with E-state index in [1.165, 1.54) is 21.0 Å². The number of pyridine rings is 2. The van der Waals surface area contributed by atoms with Crippen LogP contribution in [-0.4, -0.2) is 9.97 Å². The molecule has 0 radical (unpaired) electrons. The molecule has 6 rings (SSSR count). The van der Waals surface area contributed by atoms with Crippen LogP contribution in [0.5, 0.6) is 11.6 Å². The second-order valence-corrected chi connectivity index (χ2v) is 9.35. The topological polar surface area (TPSA) is 35.0 Å². The molecular weight excluding hydrogens is 606 g/mol. The summed E-state index contributed by atoms with van der Waals surface area (Å²) in [7, 11) is -0.777. The van der Waals surface area contributed by atoms with E-state index in [1.807, 2.05) is 36.5 Å². The molecule has 0 aliphatic carbocycles. The van der Waals surface area contributed by atoms with Crippen molar-refractivity contribution in [3.05, 3.63) is 115 Å². The van der Waals surface area contributed by atoms with E-state index >= 15 is 0 Å². The number of rotatable bonds is 4. The van der Waals surface area contributed by atoms with Crippen molar-refractivity contribution in [2.24, 2.45) is 0 Å². The van der Waals surface area contributed by atoms with E-state index in [9.17, 15) is 0 Å².